The van der Waals surface area contributed by atoms with Crippen molar-refractivity contribution in [2.45, 2.75) is 6.54 Å². The van der Waals surface area contributed by atoms with E-state index in [0.29, 0.717) is 0 Å². The summed E-state index contributed by atoms with van der Waals surface area (Å²) in [6.07, 6.45) is 3.90. The van der Waals surface area contributed by atoms with Gasteiger partial charge in [-0.05, 0) is 50.7 Å². The Labute approximate surface area is 102 Å². The molecule has 0 radical (unpaired) electrons. The molecule has 0 aliphatic carbocycles. The summed E-state index contributed by atoms with van der Waals surface area (Å²) in [6.45, 7) is 0.860. The monoisotopic (exact) mass is 368 g/mol. The van der Waals surface area contributed by atoms with Crippen LogP contribution < -0.4 is 0 Å². The van der Waals surface area contributed by atoms with Crippen LogP contribution in [0.3, 0.4) is 0 Å². The Morgan fingerprint density at radius 1 is 1.54 bits per heavy atom. The largest absolute Gasteiger partial charge is 0.266 e. The van der Waals surface area contributed by atoms with Gasteiger partial charge in [0.25, 0.3) is 0 Å². The van der Waals surface area contributed by atoms with Crippen molar-refractivity contribution < 1.29 is 0 Å². The summed E-state index contributed by atoms with van der Waals surface area (Å²) in [5.74, 6) is 0. The van der Waals surface area contributed by atoms with E-state index in [0.717, 1.165) is 6.54 Å². The lowest BCUT2D eigenvalue weighted by Gasteiger charge is -1.95. The van der Waals surface area contributed by atoms with Crippen LogP contribution in [-0.2, 0) is 6.54 Å². The van der Waals surface area contributed by atoms with Crippen LogP contribution in [0.25, 0.3) is 0 Å². The van der Waals surface area contributed by atoms with Gasteiger partial charge < -0.3 is 0 Å². The fourth-order valence-electron chi connectivity index (χ4n) is 1.02. The van der Waals surface area contributed by atoms with Crippen LogP contribution in [0.15, 0.2) is 28.3 Å². The zero-order chi connectivity index (χ0) is 9.26. The maximum absolute atomic E-state index is 4.22. The Bertz CT molecular complexity index is 371. The van der Waals surface area contributed by atoms with Gasteiger partial charge in [-0.2, -0.15) is 5.10 Å². The molecule has 0 spiro atoms. The summed E-state index contributed by atoms with van der Waals surface area (Å²) in [7, 11) is 0. The second-order valence-electron chi connectivity index (χ2n) is 2.56. The average molecular weight is 369 g/mol. The number of hydrogen-bond acceptors (Lipinski definition) is 2. The minimum Gasteiger partial charge on any atom is -0.266 e. The summed E-state index contributed by atoms with van der Waals surface area (Å²) in [4.78, 5) is 1.31. The molecule has 68 valence electrons. The number of aromatic nitrogens is 2. The highest BCUT2D eigenvalue weighted by Gasteiger charge is 1.99. The molecule has 2 heterocycles. The average Bonchev–Trinajstić information content (AvgIpc) is 2.62. The van der Waals surface area contributed by atoms with Gasteiger partial charge in [-0.25, -0.2) is 0 Å². The second kappa shape index (κ2) is 4.10. The van der Waals surface area contributed by atoms with Crippen molar-refractivity contribution >= 4 is 49.9 Å². The molecule has 2 aromatic rings. The predicted molar refractivity (Wildman–Crippen MR) is 66.1 cm³/mol. The quantitative estimate of drug-likeness (QED) is 0.743. The topological polar surface area (TPSA) is 17.8 Å². The van der Waals surface area contributed by atoms with E-state index in [1.165, 1.54) is 12.2 Å². The number of rotatable bonds is 2. The first-order chi connectivity index (χ1) is 6.24. The van der Waals surface area contributed by atoms with Crippen LogP contribution in [0, 0.1) is 3.57 Å². The molecule has 2 rings (SSSR count). The van der Waals surface area contributed by atoms with Gasteiger partial charge in [-0.1, -0.05) is 0 Å². The minimum absolute atomic E-state index is 0.860. The lowest BCUT2D eigenvalue weighted by Crippen LogP contribution is -1.97. The van der Waals surface area contributed by atoms with Gasteiger partial charge in [0.2, 0.25) is 0 Å². The molecule has 0 unspecified atom stereocenters. The molecule has 0 atom stereocenters. The van der Waals surface area contributed by atoms with Crippen molar-refractivity contribution in [3.63, 3.8) is 0 Å². The molecule has 0 bridgehead atoms. The lowest BCUT2D eigenvalue weighted by atomic mass is 10.5. The molecule has 0 fully saturated rings. The first kappa shape index (κ1) is 9.67. The fourth-order valence-corrected chi connectivity index (χ4v) is 2.94. The Morgan fingerprint density at radius 2 is 2.38 bits per heavy atom. The Morgan fingerprint density at radius 3 is 2.92 bits per heavy atom. The molecule has 0 aliphatic heterocycles. The number of nitrogens with zero attached hydrogens (tertiary/aromatic N) is 2. The first-order valence-electron chi connectivity index (χ1n) is 3.66. The molecule has 0 aliphatic rings. The highest BCUT2D eigenvalue weighted by Crippen LogP contribution is 2.22. The summed E-state index contributed by atoms with van der Waals surface area (Å²) in [5.41, 5.74) is 0. The Kier molecular flexibility index (Phi) is 3.05. The molecule has 0 saturated carbocycles. The van der Waals surface area contributed by atoms with E-state index in [4.69, 9.17) is 0 Å². The van der Waals surface area contributed by atoms with Crippen LogP contribution >= 0.6 is 49.9 Å². The number of thiophene rings is 1. The Hall–Kier alpha value is 0.120. The van der Waals surface area contributed by atoms with Gasteiger partial charge >= 0.3 is 0 Å². The maximum Gasteiger partial charge on any atom is 0.0753 e. The van der Waals surface area contributed by atoms with Crippen LogP contribution in [0.2, 0.25) is 0 Å². The van der Waals surface area contributed by atoms with Gasteiger partial charge in [0.15, 0.2) is 0 Å². The van der Waals surface area contributed by atoms with Crippen molar-refractivity contribution in [1.29, 1.82) is 0 Å². The lowest BCUT2D eigenvalue weighted by molar-refractivity contribution is 0.694. The third-order valence-electron chi connectivity index (χ3n) is 1.55. The van der Waals surface area contributed by atoms with Gasteiger partial charge in [0.05, 0.1) is 20.1 Å². The van der Waals surface area contributed by atoms with E-state index in [9.17, 15) is 0 Å². The summed E-state index contributed by atoms with van der Waals surface area (Å²) < 4.78 is 4.29. The molecule has 5 heteroatoms. The van der Waals surface area contributed by atoms with Crippen LogP contribution in [0.5, 0.6) is 0 Å². The van der Waals surface area contributed by atoms with Crippen LogP contribution in [-0.4, -0.2) is 9.78 Å². The Balaban J connectivity index is 2.14. The minimum atomic E-state index is 0.860. The summed E-state index contributed by atoms with van der Waals surface area (Å²) in [5, 5.41) is 4.22. The molecule has 2 nitrogen and oxygen atoms in total. The predicted octanol–water partition coefficient (Wildman–Crippen LogP) is 3.36. The van der Waals surface area contributed by atoms with Crippen molar-refractivity contribution in [3.8, 4) is 0 Å². The smallest absolute Gasteiger partial charge is 0.0753 e. The molecule has 13 heavy (non-hydrogen) atoms. The maximum atomic E-state index is 4.22. The van der Waals surface area contributed by atoms with Gasteiger partial charge in [-0.3, -0.25) is 4.68 Å². The first-order valence-corrected chi connectivity index (χ1v) is 6.35. The molecule has 0 amide bonds. The zero-order valence-electron chi connectivity index (χ0n) is 6.58. The summed E-state index contributed by atoms with van der Waals surface area (Å²) >= 11 is 7.44. The third kappa shape index (κ3) is 2.54. The van der Waals surface area contributed by atoms with E-state index in [-0.39, 0.29) is 0 Å². The molecule has 2 aromatic heterocycles. The fraction of sp³-hybridized carbons (Fsp3) is 0.125. The molecular formula is C8H6BrIN2S. The van der Waals surface area contributed by atoms with E-state index in [1.807, 2.05) is 17.1 Å². The number of halogens is 2. The van der Waals surface area contributed by atoms with Crippen molar-refractivity contribution in [1.82, 2.24) is 9.78 Å². The second-order valence-corrected chi connectivity index (χ2v) is 6.36. The third-order valence-corrected chi connectivity index (χ3v) is 3.71. The SMILES string of the molecule is Brc1ccc(Cn2cc(I)cn2)s1. The molecule has 0 N–H and O–H groups in total. The van der Waals surface area contributed by atoms with E-state index < -0.39 is 0 Å². The normalized spacial score (nSPS) is 10.6. The zero-order valence-corrected chi connectivity index (χ0v) is 11.1. The van der Waals surface area contributed by atoms with Gasteiger partial charge in [0.1, 0.15) is 0 Å². The van der Waals surface area contributed by atoms with Crippen molar-refractivity contribution in [2.75, 3.05) is 0 Å². The van der Waals surface area contributed by atoms with E-state index in [2.05, 4.69) is 55.8 Å². The van der Waals surface area contributed by atoms with E-state index in [1.54, 1.807) is 11.3 Å². The van der Waals surface area contributed by atoms with Crippen LogP contribution in [0.1, 0.15) is 4.88 Å². The van der Waals surface area contributed by atoms with Gasteiger partial charge in [-0.15, -0.1) is 11.3 Å². The van der Waals surface area contributed by atoms with Gasteiger partial charge in [0, 0.05) is 11.1 Å². The van der Waals surface area contributed by atoms with E-state index >= 15 is 0 Å². The molecular weight excluding hydrogens is 363 g/mol. The highest BCUT2D eigenvalue weighted by molar-refractivity contribution is 14.1. The van der Waals surface area contributed by atoms with Crippen molar-refractivity contribution in [3.05, 3.63) is 36.8 Å². The van der Waals surface area contributed by atoms with Crippen LogP contribution in [0.4, 0.5) is 0 Å². The highest BCUT2D eigenvalue weighted by atomic mass is 127. The molecule has 0 aromatic carbocycles. The summed E-state index contributed by atoms with van der Waals surface area (Å²) in [6, 6.07) is 4.18. The number of hydrogen-bond donors (Lipinski definition) is 0. The standard InChI is InChI=1S/C8H6BrIN2S/c9-8-2-1-7(13-8)5-12-4-6(10)3-11-12/h1-4H,5H2. The van der Waals surface area contributed by atoms with Crippen molar-refractivity contribution in [2.24, 2.45) is 0 Å². The molecule has 0 saturated heterocycles.